The molecule has 1 heterocycles. The highest BCUT2D eigenvalue weighted by atomic mass is 16.1. The number of nitrogens with one attached hydrogen (secondary N) is 1. The van der Waals surface area contributed by atoms with E-state index in [1.165, 1.54) is 5.69 Å². The monoisotopic (exact) mass is 219 g/mol. The third kappa shape index (κ3) is 2.27. The molecule has 1 amide bonds. The van der Waals surface area contributed by atoms with Crippen LogP contribution in [0.15, 0.2) is 18.2 Å². The van der Waals surface area contributed by atoms with Gasteiger partial charge in [0.15, 0.2) is 0 Å². The summed E-state index contributed by atoms with van der Waals surface area (Å²) >= 11 is 0. The molecule has 0 atom stereocenters. The van der Waals surface area contributed by atoms with Gasteiger partial charge >= 0.3 is 0 Å². The minimum absolute atomic E-state index is 0.135. The second-order valence-corrected chi connectivity index (χ2v) is 4.13. The van der Waals surface area contributed by atoms with Crippen LogP contribution in [0.5, 0.6) is 0 Å². The minimum atomic E-state index is 0.135. The lowest BCUT2D eigenvalue weighted by Crippen LogP contribution is -2.28. The number of hydrogen-bond acceptors (Lipinski definition) is 3. The number of carbonyl (C=O) groups excluding carboxylic acids is 1. The number of hydrogen-bond donors (Lipinski definition) is 2. The summed E-state index contributed by atoms with van der Waals surface area (Å²) in [6.07, 6.45) is 0.559. The minimum Gasteiger partial charge on any atom is -0.399 e. The van der Waals surface area contributed by atoms with Gasteiger partial charge in [0.1, 0.15) is 0 Å². The predicted octanol–water partition coefficient (Wildman–Crippen LogP) is 0.904. The van der Waals surface area contributed by atoms with Crippen LogP contribution in [-0.4, -0.2) is 25.5 Å². The van der Waals surface area contributed by atoms with Crippen molar-refractivity contribution in [2.24, 2.45) is 0 Å². The standard InChI is InChI=1S/C12H17N3O/c1-9-8-10(13)2-3-11(9)15-6-4-12(16)14-5-7-15/h2-3,8H,4-7,13H2,1H3,(H,14,16). The van der Waals surface area contributed by atoms with E-state index < -0.39 is 0 Å². The normalized spacial score (nSPS) is 16.8. The molecule has 1 saturated heterocycles. The molecule has 0 aromatic heterocycles. The third-order valence-electron chi connectivity index (χ3n) is 2.87. The fourth-order valence-corrected chi connectivity index (χ4v) is 2.04. The van der Waals surface area contributed by atoms with Crippen LogP contribution in [0.1, 0.15) is 12.0 Å². The van der Waals surface area contributed by atoms with Crippen molar-refractivity contribution >= 4 is 17.3 Å². The fraction of sp³-hybridized carbons (Fsp3) is 0.417. The maximum atomic E-state index is 11.2. The molecule has 1 aromatic rings. The Morgan fingerprint density at radius 3 is 2.94 bits per heavy atom. The lowest BCUT2D eigenvalue weighted by Gasteiger charge is -2.24. The van der Waals surface area contributed by atoms with Gasteiger partial charge in [-0.05, 0) is 30.7 Å². The number of nitrogens with two attached hydrogens (primary N) is 1. The van der Waals surface area contributed by atoms with Crippen LogP contribution in [0, 0.1) is 6.92 Å². The highest BCUT2D eigenvalue weighted by Gasteiger charge is 2.14. The lowest BCUT2D eigenvalue weighted by atomic mass is 10.1. The molecule has 0 saturated carbocycles. The summed E-state index contributed by atoms with van der Waals surface area (Å²) < 4.78 is 0. The van der Waals surface area contributed by atoms with Gasteiger partial charge in [-0.1, -0.05) is 0 Å². The molecular weight excluding hydrogens is 202 g/mol. The maximum Gasteiger partial charge on any atom is 0.221 e. The van der Waals surface area contributed by atoms with Gasteiger partial charge in [-0.2, -0.15) is 0 Å². The second kappa shape index (κ2) is 4.43. The van der Waals surface area contributed by atoms with E-state index >= 15 is 0 Å². The Morgan fingerprint density at radius 2 is 2.19 bits per heavy atom. The van der Waals surface area contributed by atoms with Gasteiger partial charge in [0.05, 0.1) is 0 Å². The molecule has 1 aliphatic heterocycles. The molecule has 0 radical (unpaired) electrons. The van der Waals surface area contributed by atoms with Crippen LogP contribution >= 0.6 is 0 Å². The highest BCUT2D eigenvalue weighted by molar-refractivity contribution is 5.77. The van der Waals surface area contributed by atoms with Gasteiger partial charge in [0.2, 0.25) is 5.91 Å². The molecule has 1 aromatic carbocycles. The van der Waals surface area contributed by atoms with E-state index in [0.29, 0.717) is 13.0 Å². The number of benzene rings is 1. The van der Waals surface area contributed by atoms with Crippen LogP contribution in [-0.2, 0) is 4.79 Å². The molecule has 0 unspecified atom stereocenters. The Kier molecular flexibility index (Phi) is 2.99. The van der Waals surface area contributed by atoms with Gasteiger partial charge in [0.25, 0.3) is 0 Å². The van der Waals surface area contributed by atoms with Gasteiger partial charge in [-0.25, -0.2) is 0 Å². The van der Waals surface area contributed by atoms with E-state index in [0.717, 1.165) is 24.3 Å². The maximum absolute atomic E-state index is 11.2. The first-order valence-electron chi connectivity index (χ1n) is 5.54. The van der Waals surface area contributed by atoms with Crippen molar-refractivity contribution < 1.29 is 4.79 Å². The average molecular weight is 219 g/mol. The van der Waals surface area contributed by atoms with E-state index in [9.17, 15) is 4.79 Å². The molecule has 4 nitrogen and oxygen atoms in total. The summed E-state index contributed by atoms with van der Waals surface area (Å²) in [6.45, 7) is 4.39. The van der Waals surface area contributed by atoms with Crippen LogP contribution < -0.4 is 16.0 Å². The Bertz CT molecular complexity index is 403. The lowest BCUT2D eigenvalue weighted by molar-refractivity contribution is -0.120. The van der Waals surface area contributed by atoms with E-state index in [1.807, 2.05) is 25.1 Å². The first-order chi connectivity index (χ1) is 7.66. The topological polar surface area (TPSA) is 58.4 Å². The highest BCUT2D eigenvalue weighted by Crippen LogP contribution is 2.22. The van der Waals surface area contributed by atoms with Gasteiger partial charge in [-0.3, -0.25) is 4.79 Å². The second-order valence-electron chi connectivity index (χ2n) is 4.13. The zero-order chi connectivity index (χ0) is 11.5. The van der Waals surface area contributed by atoms with Crippen molar-refractivity contribution in [3.05, 3.63) is 23.8 Å². The van der Waals surface area contributed by atoms with Crippen molar-refractivity contribution in [1.82, 2.24) is 5.32 Å². The van der Waals surface area contributed by atoms with Crippen molar-refractivity contribution in [2.45, 2.75) is 13.3 Å². The van der Waals surface area contributed by atoms with Crippen molar-refractivity contribution in [1.29, 1.82) is 0 Å². The Labute approximate surface area is 95.4 Å². The third-order valence-corrected chi connectivity index (χ3v) is 2.87. The number of anilines is 2. The van der Waals surface area contributed by atoms with E-state index in [2.05, 4.69) is 10.2 Å². The van der Waals surface area contributed by atoms with Gasteiger partial charge < -0.3 is 16.0 Å². The van der Waals surface area contributed by atoms with E-state index in [1.54, 1.807) is 0 Å². The smallest absolute Gasteiger partial charge is 0.221 e. The molecular formula is C12H17N3O. The molecule has 2 rings (SSSR count). The largest absolute Gasteiger partial charge is 0.399 e. The number of nitrogens with zero attached hydrogens (tertiary/aromatic N) is 1. The summed E-state index contributed by atoms with van der Waals surface area (Å²) in [5.41, 5.74) is 8.84. The molecule has 0 aliphatic carbocycles. The zero-order valence-corrected chi connectivity index (χ0v) is 9.49. The van der Waals surface area contributed by atoms with Crippen LogP contribution in [0.2, 0.25) is 0 Å². The number of nitrogen functional groups attached to an aromatic ring is 1. The zero-order valence-electron chi connectivity index (χ0n) is 9.49. The van der Waals surface area contributed by atoms with Gasteiger partial charge in [-0.15, -0.1) is 0 Å². The molecule has 86 valence electrons. The molecule has 1 aliphatic rings. The van der Waals surface area contributed by atoms with E-state index in [4.69, 9.17) is 5.73 Å². The van der Waals surface area contributed by atoms with Crippen LogP contribution in [0.25, 0.3) is 0 Å². The summed E-state index contributed by atoms with van der Waals surface area (Å²) in [5.74, 6) is 0.135. The average Bonchev–Trinajstić information content (AvgIpc) is 2.43. The molecule has 1 fully saturated rings. The Morgan fingerprint density at radius 1 is 1.38 bits per heavy atom. The molecule has 0 bridgehead atoms. The predicted molar refractivity (Wildman–Crippen MR) is 65.4 cm³/mol. The number of rotatable bonds is 1. The van der Waals surface area contributed by atoms with E-state index in [-0.39, 0.29) is 5.91 Å². The Balaban J connectivity index is 2.19. The molecule has 3 N–H and O–H groups in total. The van der Waals surface area contributed by atoms with Crippen molar-refractivity contribution in [3.63, 3.8) is 0 Å². The summed E-state index contributed by atoms with van der Waals surface area (Å²) in [6, 6.07) is 5.90. The molecule has 4 heteroatoms. The molecule has 0 spiro atoms. The summed E-state index contributed by atoms with van der Waals surface area (Å²) in [5, 5.41) is 2.87. The van der Waals surface area contributed by atoms with Crippen LogP contribution in [0.4, 0.5) is 11.4 Å². The SMILES string of the molecule is Cc1cc(N)ccc1N1CCNC(=O)CC1. The Hall–Kier alpha value is -1.71. The number of aryl methyl sites for hydroxylation is 1. The first-order valence-corrected chi connectivity index (χ1v) is 5.54. The quantitative estimate of drug-likeness (QED) is 0.690. The number of carbonyl (C=O) groups is 1. The molecule has 16 heavy (non-hydrogen) atoms. The van der Waals surface area contributed by atoms with Crippen molar-refractivity contribution in [2.75, 3.05) is 30.3 Å². The number of amides is 1. The van der Waals surface area contributed by atoms with Crippen LogP contribution in [0.3, 0.4) is 0 Å². The van der Waals surface area contributed by atoms with Crippen molar-refractivity contribution in [3.8, 4) is 0 Å². The summed E-state index contributed by atoms with van der Waals surface area (Å²) in [7, 11) is 0. The van der Waals surface area contributed by atoms with Gasteiger partial charge in [0, 0.05) is 37.4 Å². The summed E-state index contributed by atoms with van der Waals surface area (Å²) in [4.78, 5) is 13.5. The first kappa shape index (κ1) is 10.8. The fourth-order valence-electron chi connectivity index (χ4n) is 2.04.